The van der Waals surface area contributed by atoms with Crippen LogP contribution in [0.2, 0.25) is 0 Å². The third kappa shape index (κ3) is 2.94. The number of aliphatic carboxylic acids is 1. The summed E-state index contributed by atoms with van der Waals surface area (Å²) >= 11 is 0. The summed E-state index contributed by atoms with van der Waals surface area (Å²) in [6, 6.07) is -0.287. The maximum atomic E-state index is 10.8. The van der Waals surface area contributed by atoms with Gasteiger partial charge in [0.1, 0.15) is 6.04 Å². The van der Waals surface area contributed by atoms with Gasteiger partial charge in [0.15, 0.2) is 0 Å². The molecule has 3 nitrogen and oxygen atoms in total. The van der Waals surface area contributed by atoms with Crippen LogP contribution < -0.4 is 5.32 Å². The van der Waals surface area contributed by atoms with Crippen LogP contribution in [0.1, 0.15) is 44.9 Å². The molecule has 1 saturated carbocycles. The zero-order valence-electron chi connectivity index (χ0n) is 9.24. The van der Waals surface area contributed by atoms with Crippen LogP contribution in [0.15, 0.2) is 0 Å². The summed E-state index contributed by atoms with van der Waals surface area (Å²) in [5.41, 5.74) is 0. The number of piperidine rings is 1. The summed E-state index contributed by atoms with van der Waals surface area (Å²) in [5, 5.41) is 12.0. The van der Waals surface area contributed by atoms with E-state index in [1.54, 1.807) is 0 Å². The third-order valence-electron chi connectivity index (χ3n) is 4.02. The van der Waals surface area contributed by atoms with Gasteiger partial charge in [-0.3, -0.25) is 4.79 Å². The van der Waals surface area contributed by atoms with E-state index in [0.29, 0.717) is 5.92 Å². The van der Waals surface area contributed by atoms with E-state index in [1.165, 1.54) is 32.1 Å². The second-order valence-electron chi connectivity index (χ2n) is 5.11. The standard InChI is InChI=1S/C12H21NO2/c14-12(15)11-8-10(6-7-13-11)5-4-9-2-1-3-9/h9-11,13H,1-8H2,(H,14,15). The number of hydrogen-bond acceptors (Lipinski definition) is 2. The normalized spacial score (nSPS) is 32.3. The second kappa shape index (κ2) is 4.97. The number of carbonyl (C=O) groups is 1. The van der Waals surface area contributed by atoms with Gasteiger partial charge in [0.05, 0.1) is 0 Å². The van der Waals surface area contributed by atoms with Gasteiger partial charge in [-0.25, -0.2) is 0 Å². The van der Waals surface area contributed by atoms with Crippen molar-refractivity contribution in [1.82, 2.24) is 5.32 Å². The lowest BCUT2D eigenvalue weighted by atomic mass is 9.78. The minimum absolute atomic E-state index is 0.287. The molecule has 1 aliphatic carbocycles. The predicted octanol–water partition coefficient (Wildman–Crippen LogP) is 2.02. The predicted molar refractivity (Wildman–Crippen MR) is 58.7 cm³/mol. The van der Waals surface area contributed by atoms with Crippen molar-refractivity contribution in [2.24, 2.45) is 11.8 Å². The monoisotopic (exact) mass is 211 g/mol. The summed E-state index contributed by atoms with van der Waals surface area (Å²) in [5.74, 6) is 0.930. The Balaban J connectivity index is 1.69. The van der Waals surface area contributed by atoms with E-state index in [9.17, 15) is 4.79 Å². The summed E-state index contributed by atoms with van der Waals surface area (Å²) in [4.78, 5) is 10.8. The number of carboxylic acids is 1. The fourth-order valence-electron chi connectivity index (χ4n) is 2.70. The molecule has 2 rings (SSSR count). The Labute approximate surface area is 91.2 Å². The molecule has 1 saturated heterocycles. The first kappa shape index (κ1) is 10.9. The molecule has 1 aliphatic heterocycles. The molecule has 15 heavy (non-hydrogen) atoms. The average Bonchev–Trinajstić information content (AvgIpc) is 2.16. The lowest BCUT2D eigenvalue weighted by molar-refractivity contribution is -0.140. The Morgan fingerprint density at radius 3 is 2.53 bits per heavy atom. The lowest BCUT2D eigenvalue weighted by Crippen LogP contribution is -2.43. The number of rotatable bonds is 4. The molecule has 2 atom stereocenters. The quantitative estimate of drug-likeness (QED) is 0.748. The first-order valence-electron chi connectivity index (χ1n) is 6.22. The van der Waals surface area contributed by atoms with E-state index in [2.05, 4.69) is 5.32 Å². The molecule has 0 radical (unpaired) electrons. The molecule has 1 heterocycles. The fourth-order valence-corrected chi connectivity index (χ4v) is 2.70. The van der Waals surface area contributed by atoms with Crippen LogP contribution in [-0.2, 0) is 4.79 Å². The summed E-state index contributed by atoms with van der Waals surface area (Å²) < 4.78 is 0. The molecular weight excluding hydrogens is 190 g/mol. The van der Waals surface area contributed by atoms with Gasteiger partial charge in [-0.2, -0.15) is 0 Å². The Kier molecular flexibility index (Phi) is 3.62. The van der Waals surface area contributed by atoms with E-state index in [4.69, 9.17) is 5.11 Å². The number of carboxylic acid groups (broad SMARTS) is 1. The molecule has 2 N–H and O–H groups in total. The highest BCUT2D eigenvalue weighted by molar-refractivity contribution is 5.73. The highest BCUT2D eigenvalue weighted by atomic mass is 16.4. The first-order valence-corrected chi connectivity index (χ1v) is 6.22. The molecule has 0 aromatic rings. The first-order chi connectivity index (χ1) is 7.25. The van der Waals surface area contributed by atoms with E-state index in [-0.39, 0.29) is 6.04 Å². The molecule has 2 fully saturated rings. The minimum Gasteiger partial charge on any atom is -0.480 e. The van der Waals surface area contributed by atoms with Crippen molar-refractivity contribution in [2.45, 2.75) is 51.0 Å². The Morgan fingerprint density at radius 1 is 1.20 bits per heavy atom. The Bertz CT molecular complexity index is 226. The highest BCUT2D eigenvalue weighted by Crippen LogP contribution is 2.33. The average molecular weight is 211 g/mol. The van der Waals surface area contributed by atoms with Gasteiger partial charge in [-0.15, -0.1) is 0 Å². The van der Waals surface area contributed by atoms with Gasteiger partial charge in [-0.05, 0) is 31.2 Å². The fraction of sp³-hybridized carbons (Fsp3) is 0.917. The van der Waals surface area contributed by atoms with E-state index in [0.717, 1.165) is 25.3 Å². The van der Waals surface area contributed by atoms with Crippen molar-refractivity contribution in [2.75, 3.05) is 6.54 Å². The van der Waals surface area contributed by atoms with E-state index < -0.39 is 5.97 Å². The second-order valence-corrected chi connectivity index (χ2v) is 5.11. The number of nitrogens with one attached hydrogen (secondary N) is 1. The van der Waals surface area contributed by atoms with Crippen molar-refractivity contribution in [1.29, 1.82) is 0 Å². The SMILES string of the molecule is O=C(O)C1CC(CCC2CCC2)CCN1. The van der Waals surface area contributed by atoms with Crippen LogP contribution in [0.5, 0.6) is 0 Å². The van der Waals surface area contributed by atoms with Crippen LogP contribution in [0.4, 0.5) is 0 Å². The van der Waals surface area contributed by atoms with Crippen molar-refractivity contribution < 1.29 is 9.90 Å². The van der Waals surface area contributed by atoms with Crippen molar-refractivity contribution in [3.05, 3.63) is 0 Å². The molecule has 2 aliphatic rings. The molecular formula is C12H21NO2. The summed E-state index contributed by atoms with van der Waals surface area (Å²) in [6.07, 6.45) is 8.81. The van der Waals surface area contributed by atoms with Gasteiger partial charge in [0.25, 0.3) is 0 Å². The van der Waals surface area contributed by atoms with Crippen LogP contribution in [-0.4, -0.2) is 23.7 Å². The Hall–Kier alpha value is -0.570. The molecule has 0 aromatic heterocycles. The zero-order valence-corrected chi connectivity index (χ0v) is 9.24. The highest BCUT2D eigenvalue weighted by Gasteiger charge is 2.27. The van der Waals surface area contributed by atoms with Gasteiger partial charge in [0, 0.05) is 0 Å². The van der Waals surface area contributed by atoms with Gasteiger partial charge >= 0.3 is 5.97 Å². The largest absolute Gasteiger partial charge is 0.480 e. The zero-order chi connectivity index (χ0) is 10.7. The van der Waals surface area contributed by atoms with Crippen LogP contribution >= 0.6 is 0 Å². The molecule has 86 valence electrons. The smallest absolute Gasteiger partial charge is 0.320 e. The molecule has 0 spiro atoms. The van der Waals surface area contributed by atoms with E-state index >= 15 is 0 Å². The molecule has 0 bridgehead atoms. The van der Waals surface area contributed by atoms with Crippen molar-refractivity contribution in [3.63, 3.8) is 0 Å². The van der Waals surface area contributed by atoms with Gasteiger partial charge in [0.2, 0.25) is 0 Å². The summed E-state index contributed by atoms with van der Waals surface area (Å²) in [7, 11) is 0. The van der Waals surface area contributed by atoms with Crippen molar-refractivity contribution in [3.8, 4) is 0 Å². The summed E-state index contributed by atoms with van der Waals surface area (Å²) in [6.45, 7) is 0.881. The van der Waals surface area contributed by atoms with Gasteiger partial charge in [-0.1, -0.05) is 32.1 Å². The Morgan fingerprint density at radius 2 is 1.93 bits per heavy atom. The minimum atomic E-state index is -0.677. The molecule has 0 aromatic carbocycles. The number of hydrogen-bond donors (Lipinski definition) is 2. The van der Waals surface area contributed by atoms with Crippen molar-refractivity contribution >= 4 is 5.97 Å². The maximum absolute atomic E-state index is 10.8. The third-order valence-corrected chi connectivity index (χ3v) is 4.02. The van der Waals surface area contributed by atoms with Crippen LogP contribution in [0, 0.1) is 11.8 Å². The topological polar surface area (TPSA) is 49.3 Å². The van der Waals surface area contributed by atoms with E-state index in [1.807, 2.05) is 0 Å². The molecule has 2 unspecified atom stereocenters. The molecule has 0 amide bonds. The lowest BCUT2D eigenvalue weighted by Gasteiger charge is -2.31. The van der Waals surface area contributed by atoms with Gasteiger partial charge < -0.3 is 10.4 Å². The van der Waals surface area contributed by atoms with Crippen LogP contribution in [0.25, 0.3) is 0 Å². The molecule has 3 heteroatoms. The van der Waals surface area contributed by atoms with Crippen LogP contribution in [0.3, 0.4) is 0 Å². The maximum Gasteiger partial charge on any atom is 0.320 e.